The van der Waals surface area contributed by atoms with Crippen LogP contribution in [-0.2, 0) is 0 Å². The molecule has 0 spiro atoms. The minimum absolute atomic E-state index is 0.202. The topological polar surface area (TPSA) is 22.8 Å². The molecule has 3 heterocycles. The molecule has 3 heteroatoms. The molecule has 3 nitrogen and oxygen atoms in total. The molecule has 0 aliphatic heterocycles. The molecular weight excluding hydrogens is 679 g/mol. The van der Waals surface area contributed by atoms with Crippen LogP contribution in [0.1, 0.15) is 17.9 Å². The number of aromatic nitrogens is 3. The summed E-state index contributed by atoms with van der Waals surface area (Å²) in [6.07, 6.45) is 5.86. The molecule has 264 valence electrons. The van der Waals surface area contributed by atoms with Gasteiger partial charge < -0.3 is 4.57 Å². The molecule has 0 fully saturated rings. The molecular formula is C53H37N3. The second-order valence-corrected chi connectivity index (χ2v) is 14.7. The molecule has 0 N–H and O–H groups in total. The van der Waals surface area contributed by atoms with Gasteiger partial charge in [-0.1, -0.05) is 158 Å². The molecule has 0 saturated carbocycles. The molecule has 0 radical (unpaired) electrons. The summed E-state index contributed by atoms with van der Waals surface area (Å²) in [6, 6.07) is 69.8. The summed E-state index contributed by atoms with van der Waals surface area (Å²) in [7, 11) is 0. The van der Waals surface area contributed by atoms with E-state index in [1.807, 2.05) is 0 Å². The molecule has 7 aromatic carbocycles. The Balaban J connectivity index is 1.07. The van der Waals surface area contributed by atoms with E-state index in [9.17, 15) is 0 Å². The Hall–Kier alpha value is -7.23. The van der Waals surface area contributed by atoms with Crippen LogP contribution in [0.4, 0.5) is 0 Å². The van der Waals surface area contributed by atoms with Crippen LogP contribution in [0.15, 0.2) is 194 Å². The van der Waals surface area contributed by atoms with Crippen molar-refractivity contribution in [1.82, 2.24) is 14.1 Å². The third kappa shape index (κ3) is 5.39. The van der Waals surface area contributed by atoms with Crippen molar-refractivity contribution in [3.05, 3.63) is 210 Å². The van der Waals surface area contributed by atoms with Gasteiger partial charge >= 0.3 is 0 Å². The van der Waals surface area contributed by atoms with Gasteiger partial charge in [0.1, 0.15) is 5.82 Å². The van der Waals surface area contributed by atoms with Crippen LogP contribution < -0.4 is 10.6 Å². The monoisotopic (exact) mass is 715 g/mol. The molecule has 0 amide bonds. The predicted octanol–water partition coefficient (Wildman–Crippen LogP) is 11.9. The number of hydrogen-bond acceptors (Lipinski definition) is 1. The predicted molar refractivity (Wildman–Crippen MR) is 234 cm³/mol. The minimum Gasteiger partial charge on any atom is -0.309 e. The Morgan fingerprint density at radius 2 is 1.00 bits per heavy atom. The fourth-order valence-corrected chi connectivity index (χ4v) is 8.76. The van der Waals surface area contributed by atoms with Crippen molar-refractivity contribution in [1.29, 1.82) is 0 Å². The zero-order chi connectivity index (χ0) is 37.0. The standard InChI is InChI=1S/C53H37N3/c1-4-14-36(15-5-1)38-24-28-43(29-25-38)55-49-22-12-11-21-45(49)47-32-40(27-31-51(47)55)41-26-30-46-44-20-10-13-23-50(44)56(52(46)34-41)53-35-42(37-16-6-2-7-17-37)33-48(54-53)39-18-8-3-9-19-39/h1-25,27-35,41H,26H2. The Labute approximate surface area is 325 Å². The quantitative estimate of drug-likeness (QED) is 0.168. The number of para-hydroxylation sites is 2. The number of hydrogen-bond donors (Lipinski definition) is 0. The summed E-state index contributed by atoms with van der Waals surface area (Å²) >= 11 is 0. The first-order valence-electron chi connectivity index (χ1n) is 19.4. The van der Waals surface area contributed by atoms with Gasteiger partial charge in [0, 0.05) is 38.5 Å². The summed E-state index contributed by atoms with van der Waals surface area (Å²) in [6.45, 7) is 0. The fraction of sp³-hybridized carbons (Fsp3) is 0.0377. The number of fused-ring (bicyclic) bond motifs is 6. The van der Waals surface area contributed by atoms with Crippen molar-refractivity contribution in [3.8, 4) is 45.0 Å². The van der Waals surface area contributed by atoms with Crippen LogP contribution in [-0.4, -0.2) is 14.1 Å². The molecule has 56 heavy (non-hydrogen) atoms. The van der Waals surface area contributed by atoms with E-state index in [0.717, 1.165) is 34.7 Å². The second-order valence-electron chi connectivity index (χ2n) is 14.7. The smallest absolute Gasteiger partial charge is 0.138 e. The average molecular weight is 716 g/mol. The van der Waals surface area contributed by atoms with Gasteiger partial charge in [-0.05, 0) is 82.8 Å². The fourth-order valence-electron chi connectivity index (χ4n) is 8.76. The highest BCUT2D eigenvalue weighted by Gasteiger charge is 2.20. The summed E-state index contributed by atoms with van der Waals surface area (Å²) in [5.74, 6) is 1.12. The zero-order valence-corrected chi connectivity index (χ0v) is 30.8. The molecule has 0 bridgehead atoms. The highest BCUT2D eigenvalue weighted by Crippen LogP contribution is 2.36. The second kappa shape index (κ2) is 13.3. The Bertz CT molecular complexity index is 3130. The minimum atomic E-state index is 0.202. The SMILES string of the molecule is C1=c2c(n(-c3cc(-c4ccccc4)cc(-c4ccccc4)n3)c3ccccc23)=CC(c2ccc3c(c2)c2ccccc2n3-c2ccc(-c3ccccc3)cc2)C1. The van der Waals surface area contributed by atoms with E-state index < -0.39 is 0 Å². The zero-order valence-electron chi connectivity index (χ0n) is 30.8. The largest absolute Gasteiger partial charge is 0.309 e. The lowest BCUT2D eigenvalue weighted by molar-refractivity contribution is 0.899. The van der Waals surface area contributed by atoms with E-state index in [0.29, 0.717) is 0 Å². The number of benzene rings is 7. The molecule has 1 aliphatic carbocycles. The van der Waals surface area contributed by atoms with Gasteiger partial charge in [0.2, 0.25) is 0 Å². The van der Waals surface area contributed by atoms with Crippen LogP contribution in [0.25, 0.3) is 89.9 Å². The van der Waals surface area contributed by atoms with Crippen molar-refractivity contribution in [2.24, 2.45) is 0 Å². The van der Waals surface area contributed by atoms with Crippen LogP contribution in [0.3, 0.4) is 0 Å². The van der Waals surface area contributed by atoms with Gasteiger partial charge in [-0.2, -0.15) is 0 Å². The van der Waals surface area contributed by atoms with Gasteiger partial charge in [0.25, 0.3) is 0 Å². The molecule has 1 atom stereocenters. The lowest BCUT2D eigenvalue weighted by Crippen LogP contribution is -2.32. The lowest BCUT2D eigenvalue weighted by Gasteiger charge is -2.16. The van der Waals surface area contributed by atoms with Crippen molar-refractivity contribution in [3.63, 3.8) is 0 Å². The van der Waals surface area contributed by atoms with Crippen molar-refractivity contribution < 1.29 is 0 Å². The van der Waals surface area contributed by atoms with E-state index in [4.69, 9.17) is 4.98 Å². The number of pyridine rings is 1. The van der Waals surface area contributed by atoms with Crippen LogP contribution in [0, 0.1) is 0 Å². The first-order chi connectivity index (χ1) is 27.8. The van der Waals surface area contributed by atoms with Gasteiger partial charge in [-0.15, -0.1) is 0 Å². The van der Waals surface area contributed by atoms with E-state index in [1.54, 1.807) is 0 Å². The summed E-state index contributed by atoms with van der Waals surface area (Å²) in [5, 5.41) is 6.26. The maximum atomic E-state index is 5.38. The Morgan fingerprint density at radius 3 is 1.71 bits per heavy atom. The van der Waals surface area contributed by atoms with Gasteiger partial charge in [0.05, 0.1) is 27.6 Å². The maximum absolute atomic E-state index is 5.38. The van der Waals surface area contributed by atoms with E-state index in [2.05, 4.69) is 215 Å². The lowest BCUT2D eigenvalue weighted by atomic mass is 9.91. The number of nitrogens with zero attached hydrogens (tertiary/aromatic N) is 3. The highest BCUT2D eigenvalue weighted by molar-refractivity contribution is 6.09. The molecule has 0 saturated heterocycles. The first kappa shape index (κ1) is 32.2. The molecule has 1 aliphatic rings. The van der Waals surface area contributed by atoms with E-state index in [1.165, 1.54) is 65.5 Å². The average Bonchev–Trinajstić information content (AvgIpc) is 3.79. The third-order valence-electron chi connectivity index (χ3n) is 11.5. The summed E-state index contributed by atoms with van der Waals surface area (Å²) < 4.78 is 4.79. The maximum Gasteiger partial charge on any atom is 0.138 e. The molecule has 10 aromatic rings. The highest BCUT2D eigenvalue weighted by atomic mass is 15.1. The van der Waals surface area contributed by atoms with E-state index in [-0.39, 0.29) is 5.92 Å². The molecule has 3 aromatic heterocycles. The van der Waals surface area contributed by atoms with Crippen LogP contribution >= 0.6 is 0 Å². The summed E-state index contributed by atoms with van der Waals surface area (Å²) in [4.78, 5) is 5.38. The van der Waals surface area contributed by atoms with Crippen LogP contribution in [0.2, 0.25) is 0 Å². The van der Waals surface area contributed by atoms with E-state index >= 15 is 0 Å². The van der Waals surface area contributed by atoms with Crippen LogP contribution in [0.5, 0.6) is 0 Å². The third-order valence-corrected chi connectivity index (χ3v) is 11.5. The van der Waals surface area contributed by atoms with Crippen molar-refractivity contribution in [2.45, 2.75) is 12.3 Å². The van der Waals surface area contributed by atoms with Gasteiger partial charge in [-0.25, -0.2) is 4.98 Å². The Morgan fingerprint density at radius 1 is 0.429 bits per heavy atom. The normalized spacial score (nSPS) is 13.8. The molecule has 1 unspecified atom stereocenters. The van der Waals surface area contributed by atoms with Crippen molar-refractivity contribution in [2.75, 3.05) is 0 Å². The Kier molecular flexibility index (Phi) is 7.63. The van der Waals surface area contributed by atoms with Gasteiger partial charge in [-0.3, -0.25) is 4.57 Å². The summed E-state index contributed by atoms with van der Waals surface area (Å²) in [5.41, 5.74) is 12.9. The van der Waals surface area contributed by atoms with Gasteiger partial charge in [0.15, 0.2) is 0 Å². The van der Waals surface area contributed by atoms with Crippen molar-refractivity contribution >= 4 is 44.9 Å². The molecule has 11 rings (SSSR count). The number of rotatable bonds is 6. The first-order valence-corrected chi connectivity index (χ1v) is 19.4.